The predicted octanol–water partition coefficient (Wildman–Crippen LogP) is 3.36. The van der Waals surface area contributed by atoms with E-state index in [-0.39, 0.29) is 11.8 Å². The van der Waals surface area contributed by atoms with Crippen LogP contribution in [0.5, 0.6) is 0 Å². The van der Waals surface area contributed by atoms with Gasteiger partial charge in [0.25, 0.3) is 0 Å². The van der Waals surface area contributed by atoms with Crippen LogP contribution in [0.25, 0.3) is 0 Å². The van der Waals surface area contributed by atoms with E-state index in [9.17, 15) is 8.42 Å². The number of benzene rings is 1. The van der Waals surface area contributed by atoms with Crippen molar-refractivity contribution in [2.45, 2.75) is 57.4 Å². The topological polar surface area (TPSA) is 46.2 Å². The van der Waals surface area contributed by atoms with Crippen LogP contribution in [0.4, 0.5) is 0 Å². The van der Waals surface area contributed by atoms with Gasteiger partial charge < -0.3 is 5.32 Å². The summed E-state index contributed by atoms with van der Waals surface area (Å²) in [6.45, 7) is 9.28. The first-order chi connectivity index (χ1) is 9.36. The first-order valence-corrected chi connectivity index (χ1v) is 9.08. The van der Waals surface area contributed by atoms with Gasteiger partial charge in [-0.25, -0.2) is 8.42 Å². The van der Waals surface area contributed by atoms with Crippen LogP contribution in [0, 0.1) is 0 Å². The molecule has 1 aromatic rings. The third-order valence-electron chi connectivity index (χ3n) is 3.47. The maximum atomic E-state index is 12.3. The lowest BCUT2D eigenvalue weighted by Gasteiger charge is -2.13. The Bertz CT molecular complexity index is 492. The molecule has 0 saturated heterocycles. The zero-order valence-electron chi connectivity index (χ0n) is 13.0. The second-order valence-electron chi connectivity index (χ2n) is 5.69. The van der Waals surface area contributed by atoms with Gasteiger partial charge in [0, 0.05) is 6.04 Å². The van der Waals surface area contributed by atoms with Crippen molar-refractivity contribution >= 4 is 9.84 Å². The zero-order chi connectivity index (χ0) is 15.2. The summed E-state index contributed by atoms with van der Waals surface area (Å²) in [5, 5.41) is 3.32. The molecule has 0 radical (unpaired) electrons. The highest BCUT2D eigenvalue weighted by atomic mass is 32.2. The molecule has 0 amide bonds. The Hall–Kier alpha value is -0.870. The molecule has 0 saturated carbocycles. The average Bonchev–Trinajstić information content (AvgIpc) is 2.43. The molecule has 1 rings (SSSR count). The lowest BCUT2D eigenvalue weighted by molar-refractivity contribution is 0.525. The SMILES string of the molecule is CCCNC(C)CCS(=O)(=O)c1ccc(C(C)C)cc1. The van der Waals surface area contributed by atoms with Crippen molar-refractivity contribution in [1.82, 2.24) is 5.32 Å². The lowest BCUT2D eigenvalue weighted by Crippen LogP contribution is -2.28. The van der Waals surface area contributed by atoms with Gasteiger partial charge in [-0.1, -0.05) is 32.9 Å². The van der Waals surface area contributed by atoms with Crippen LogP contribution in [0.15, 0.2) is 29.2 Å². The van der Waals surface area contributed by atoms with E-state index in [2.05, 4.69) is 26.1 Å². The minimum Gasteiger partial charge on any atom is -0.314 e. The molecular formula is C16H27NO2S. The average molecular weight is 297 g/mol. The fourth-order valence-corrected chi connectivity index (χ4v) is 3.45. The summed E-state index contributed by atoms with van der Waals surface area (Å²) < 4.78 is 24.5. The molecule has 1 aromatic carbocycles. The van der Waals surface area contributed by atoms with Crippen LogP contribution in [-0.2, 0) is 9.84 Å². The number of sulfone groups is 1. The van der Waals surface area contributed by atoms with Crippen molar-refractivity contribution in [3.8, 4) is 0 Å². The van der Waals surface area contributed by atoms with Crippen molar-refractivity contribution in [2.75, 3.05) is 12.3 Å². The second-order valence-corrected chi connectivity index (χ2v) is 7.80. The van der Waals surface area contributed by atoms with Crippen molar-refractivity contribution in [3.63, 3.8) is 0 Å². The Labute approximate surface area is 123 Å². The van der Waals surface area contributed by atoms with Crippen LogP contribution in [0.3, 0.4) is 0 Å². The van der Waals surface area contributed by atoms with Gasteiger partial charge in [-0.2, -0.15) is 0 Å². The number of nitrogens with one attached hydrogen (secondary N) is 1. The molecule has 0 aliphatic rings. The first-order valence-electron chi connectivity index (χ1n) is 7.43. The fourth-order valence-electron chi connectivity index (χ4n) is 2.00. The minimum absolute atomic E-state index is 0.200. The van der Waals surface area contributed by atoms with Gasteiger partial charge in [0.05, 0.1) is 10.6 Å². The smallest absolute Gasteiger partial charge is 0.178 e. The molecule has 0 spiro atoms. The van der Waals surface area contributed by atoms with Crippen molar-refractivity contribution < 1.29 is 8.42 Å². The van der Waals surface area contributed by atoms with Gasteiger partial charge >= 0.3 is 0 Å². The molecule has 0 aromatic heterocycles. The van der Waals surface area contributed by atoms with E-state index < -0.39 is 9.84 Å². The standard InChI is InChI=1S/C16H27NO2S/c1-5-11-17-14(4)10-12-20(18,19)16-8-6-15(7-9-16)13(2)3/h6-9,13-14,17H,5,10-12H2,1-4H3. The third-order valence-corrected chi connectivity index (χ3v) is 5.23. The Balaban J connectivity index is 2.64. The van der Waals surface area contributed by atoms with Gasteiger partial charge in [0.15, 0.2) is 9.84 Å². The monoisotopic (exact) mass is 297 g/mol. The second kappa shape index (κ2) is 7.79. The first kappa shape index (κ1) is 17.2. The van der Waals surface area contributed by atoms with Crippen molar-refractivity contribution in [1.29, 1.82) is 0 Å². The molecule has 114 valence electrons. The molecule has 0 aliphatic heterocycles. The number of rotatable bonds is 8. The molecule has 0 bridgehead atoms. The van der Waals surface area contributed by atoms with Crippen LogP contribution >= 0.6 is 0 Å². The maximum absolute atomic E-state index is 12.3. The third kappa shape index (κ3) is 5.25. The molecule has 0 fully saturated rings. The van der Waals surface area contributed by atoms with E-state index in [0.717, 1.165) is 13.0 Å². The summed E-state index contributed by atoms with van der Waals surface area (Å²) in [5.74, 6) is 0.622. The van der Waals surface area contributed by atoms with Gasteiger partial charge in [-0.15, -0.1) is 0 Å². The van der Waals surface area contributed by atoms with Gasteiger partial charge in [0.2, 0.25) is 0 Å². The molecular weight excluding hydrogens is 270 g/mol. The van der Waals surface area contributed by atoms with Crippen LogP contribution in [0.1, 0.15) is 52.0 Å². The number of hydrogen-bond donors (Lipinski definition) is 1. The summed E-state index contributed by atoms with van der Waals surface area (Å²) in [4.78, 5) is 0.435. The molecule has 3 nitrogen and oxygen atoms in total. The molecule has 20 heavy (non-hydrogen) atoms. The highest BCUT2D eigenvalue weighted by molar-refractivity contribution is 7.91. The zero-order valence-corrected chi connectivity index (χ0v) is 13.8. The minimum atomic E-state index is -3.16. The van der Waals surface area contributed by atoms with Crippen LogP contribution in [0.2, 0.25) is 0 Å². The molecule has 1 N–H and O–H groups in total. The quantitative estimate of drug-likeness (QED) is 0.800. The van der Waals surface area contributed by atoms with Gasteiger partial charge in [0.1, 0.15) is 0 Å². The van der Waals surface area contributed by atoms with E-state index in [0.29, 0.717) is 17.2 Å². The summed E-state index contributed by atoms with van der Waals surface area (Å²) in [6.07, 6.45) is 1.71. The van der Waals surface area contributed by atoms with E-state index in [1.54, 1.807) is 12.1 Å². The predicted molar refractivity (Wildman–Crippen MR) is 85.0 cm³/mol. The Kier molecular flexibility index (Phi) is 6.69. The molecule has 4 heteroatoms. The Morgan fingerprint density at radius 3 is 2.20 bits per heavy atom. The summed E-state index contributed by atoms with van der Waals surface area (Å²) >= 11 is 0. The van der Waals surface area contributed by atoms with E-state index >= 15 is 0 Å². The van der Waals surface area contributed by atoms with Crippen molar-refractivity contribution in [2.24, 2.45) is 0 Å². The van der Waals surface area contributed by atoms with Gasteiger partial charge in [-0.05, 0) is 49.9 Å². The van der Waals surface area contributed by atoms with E-state index in [4.69, 9.17) is 0 Å². The van der Waals surface area contributed by atoms with Gasteiger partial charge in [-0.3, -0.25) is 0 Å². The van der Waals surface area contributed by atoms with Crippen LogP contribution < -0.4 is 5.32 Å². The maximum Gasteiger partial charge on any atom is 0.178 e. The highest BCUT2D eigenvalue weighted by Gasteiger charge is 2.16. The van der Waals surface area contributed by atoms with E-state index in [1.165, 1.54) is 5.56 Å². The van der Waals surface area contributed by atoms with Crippen LogP contribution in [-0.4, -0.2) is 26.8 Å². The summed E-state index contributed by atoms with van der Waals surface area (Å²) in [7, 11) is -3.16. The molecule has 0 aliphatic carbocycles. The van der Waals surface area contributed by atoms with Crippen molar-refractivity contribution in [3.05, 3.63) is 29.8 Å². The molecule has 0 heterocycles. The normalized spacial score (nSPS) is 13.7. The lowest BCUT2D eigenvalue weighted by atomic mass is 10.0. The summed E-state index contributed by atoms with van der Waals surface area (Å²) in [5.41, 5.74) is 1.17. The largest absolute Gasteiger partial charge is 0.314 e. The van der Waals surface area contributed by atoms with E-state index in [1.807, 2.05) is 19.1 Å². The molecule has 1 atom stereocenters. The Morgan fingerprint density at radius 1 is 1.10 bits per heavy atom. The highest BCUT2D eigenvalue weighted by Crippen LogP contribution is 2.18. The fraction of sp³-hybridized carbons (Fsp3) is 0.625. The molecule has 1 unspecified atom stereocenters. The Morgan fingerprint density at radius 2 is 1.70 bits per heavy atom. The number of hydrogen-bond acceptors (Lipinski definition) is 3. The summed E-state index contributed by atoms with van der Waals surface area (Å²) in [6, 6.07) is 7.52.